The van der Waals surface area contributed by atoms with E-state index < -0.39 is 0 Å². The number of hydrogen-bond acceptors (Lipinski definition) is 11. The number of fused-ring (bicyclic) bond motifs is 3. The lowest BCUT2D eigenvalue weighted by molar-refractivity contribution is 0.186. The Morgan fingerprint density at radius 3 is 1.31 bits per heavy atom. The molecule has 0 radical (unpaired) electrons. The third-order valence-electron chi connectivity index (χ3n) is 22.4. The maximum atomic E-state index is 5.76. The molecule has 0 spiro atoms. The van der Waals surface area contributed by atoms with E-state index in [1.54, 1.807) is 0 Å². The number of hydrogen-bond donors (Lipinski definition) is 11. The standard InChI is InChI=1S/2C10H9N.C9H11N.4C9H19N.C7H15N.C5H11N.C4H9N.C3H7N/c11-10-7-3-5-8-4-1-2-6-9(8)10;11-10-6-5-8-3-1-2-4-9(8)7-10;10-9-5-4-7-2-1-3-8(7)6-9;1-7-3-8(2)5-9(4-7)6-10;1-7-3-4-9(6-10)5-8(7)2;1-7-3-4-8(2)9(5-7)6-10;1-7-4-3-5-8(2)9(7)6-10;8-7-5-3-1-2-4-6-7;6-5-3-1-2-4-5;5-4-2-1-3-4;4-3-1-2-3/h2*1-7H,11H2;4-6H,1-3,10H2;4*7-9H,3-6,10H2,1-2H3;7H,1-6,8H2;5H,1-4,6H2;4H,1-3,5H2;3H,1-2,4H2. The molecule has 0 bridgehead atoms. The summed E-state index contributed by atoms with van der Waals surface area (Å²) < 4.78 is 0. The lowest BCUT2D eigenvalue weighted by Gasteiger charge is -2.33. The minimum absolute atomic E-state index is 0.525. The minimum Gasteiger partial charge on any atom is -0.399 e. The molecule has 14 rings (SSSR count). The molecule has 0 amide bonds. The molecule has 22 N–H and O–H groups in total. The van der Waals surface area contributed by atoms with Gasteiger partial charge in [-0.25, -0.2) is 0 Å². The molecule has 0 heterocycles. The topological polar surface area (TPSA) is 286 Å². The SMILES string of the molecule is CC1CC(C)CC(CN)C1.CC1CCC(C)C(CN)C1.CC1CCC(CN)CC1C.CC1CCCC(C)C1CN.NC1CC1.NC1CCC1.NC1CCCC1.NC1CCCCCC1.Nc1ccc2c(c1)CCC2.Nc1ccc2ccccc2c1.Nc1cccc2ccccc12. The van der Waals surface area contributed by atoms with Crippen LogP contribution in [0.3, 0.4) is 0 Å². The second-order valence-electron chi connectivity index (χ2n) is 31.4. The van der Waals surface area contributed by atoms with Crippen molar-refractivity contribution in [2.24, 2.45) is 117 Å². The van der Waals surface area contributed by atoms with Crippen molar-refractivity contribution in [1.82, 2.24) is 0 Å². The van der Waals surface area contributed by atoms with Crippen molar-refractivity contribution in [1.29, 1.82) is 0 Å². The molecule has 5 aromatic carbocycles. The van der Waals surface area contributed by atoms with Crippen LogP contribution in [0.2, 0.25) is 0 Å². The van der Waals surface area contributed by atoms with Gasteiger partial charge in [0.25, 0.3) is 0 Å². The molecule has 8 saturated carbocycles. The van der Waals surface area contributed by atoms with Gasteiger partial charge in [-0.15, -0.1) is 0 Å². The third-order valence-corrected chi connectivity index (χ3v) is 22.4. The predicted molar refractivity (Wildman–Crippen MR) is 420 cm³/mol. The van der Waals surface area contributed by atoms with Gasteiger partial charge in [0.05, 0.1) is 0 Å². The summed E-state index contributed by atoms with van der Waals surface area (Å²) in [6, 6.07) is 36.6. The highest BCUT2D eigenvalue weighted by atomic mass is 14.7. The molecule has 11 heteroatoms. The van der Waals surface area contributed by atoms with E-state index in [1.165, 1.54) is 220 Å². The Kier molecular flexibility index (Phi) is 41.7. The van der Waals surface area contributed by atoms with Crippen molar-refractivity contribution in [3.8, 4) is 0 Å². The molecular formula is C84H147N11. The highest BCUT2D eigenvalue weighted by Gasteiger charge is 2.27. The van der Waals surface area contributed by atoms with Gasteiger partial charge in [-0.2, -0.15) is 0 Å². The van der Waals surface area contributed by atoms with E-state index in [0.717, 1.165) is 120 Å². The highest BCUT2D eigenvalue weighted by molar-refractivity contribution is 5.92. The molecule has 0 aliphatic heterocycles. The number of aryl methyl sites for hydroxylation is 2. The number of rotatable bonds is 4. The van der Waals surface area contributed by atoms with Gasteiger partial charge in [-0.1, -0.05) is 212 Å². The molecule has 10 unspecified atom stereocenters. The molecular weight excluding hydrogens is 1160 g/mol. The van der Waals surface area contributed by atoms with Gasteiger partial charge in [0.1, 0.15) is 0 Å². The van der Waals surface area contributed by atoms with Crippen molar-refractivity contribution in [3.05, 3.63) is 114 Å². The van der Waals surface area contributed by atoms with Gasteiger partial charge in [0, 0.05) is 46.6 Å². The number of nitrogen functional groups attached to an aromatic ring is 3. The molecule has 5 aromatic rings. The summed E-state index contributed by atoms with van der Waals surface area (Å²) in [4.78, 5) is 0. The Labute approximate surface area is 582 Å². The van der Waals surface area contributed by atoms with Crippen molar-refractivity contribution in [3.63, 3.8) is 0 Å². The van der Waals surface area contributed by atoms with E-state index in [9.17, 15) is 0 Å². The van der Waals surface area contributed by atoms with Crippen LogP contribution in [0.5, 0.6) is 0 Å². The van der Waals surface area contributed by atoms with Gasteiger partial charge < -0.3 is 63.1 Å². The second kappa shape index (κ2) is 47.6. The monoisotopic (exact) mass is 1310 g/mol. The normalized spacial score (nSPS) is 27.7. The van der Waals surface area contributed by atoms with Crippen LogP contribution in [0.25, 0.3) is 21.5 Å². The van der Waals surface area contributed by atoms with Gasteiger partial charge >= 0.3 is 0 Å². The van der Waals surface area contributed by atoms with E-state index in [0.29, 0.717) is 24.2 Å². The molecule has 8 fully saturated rings. The van der Waals surface area contributed by atoms with Crippen LogP contribution >= 0.6 is 0 Å². The average Bonchev–Trinajstić information content (AvgIpc) is 1.81. The predicted octanol–water partition coefficient (Wildman–Crippen LogP) is 17.8. The number of nitrogens with two attached hydrogens (primary N) is 11. The summed E-state index contributed by atoms with van der Waals surface area (Å²) in [5, 5.41) is 4.77. The van der Waals surface area contributed by atoms with Crippen LogP contribution in [-0.4, -0.2) is 50.3 Å². The summed E-state index contributed by atoms with van der Waals surface area (Å²) >= 11 is 0. The Morgan fingerprint density at radius 1 is 0.316 bits per heavy atom. The third kappa shape index (κ3) is 34.9. The quantitative estimate of drug-likeness (QED) is 0.0594. The average molecular weight is 1310 g/mol. The first-order chi connectivity index (χ1) is 45.6. The molecule has 11 nitrogen and oxygen atoms in total. The van der Waals surface area contributed by atoms with Crippen LogP contribution in [0.1, 0.15) is 246 Å². The van der Waals surface area contributed by atoms with E-state index in [1.807, 2.05) is 66.7 Å². The highest BCUT2D eigenvalue weighted by Crippen LogP contribution is 2.36. The molecule has 538 valence electrons. The first kappa shape index (κ1) is 83.1. The van der Waals surface area contributed by atoms with Crippen molar-refractivity contribution in [2.75, 3.05) is 43.4 Å². The van der Waals surface area contributed by atoms with Gasteiger partial charge in [-0.3, -0.25) is 0 Å². The number of benzene rings is 5. The van der Waals surface area contributed by atoms with Crippen LogP contribution in [-0.2, 0) is 12.8 Å². The van der Waals surface area contributed by atoms with Gasteiger partial charge in [0.2, 0.25) is 0 Å². The largest absolute Gasteiger partial charge is 0.399 e. The lowest BCUT2D eigenvalue weighted by Crippen LogP contribution is -2.31. The molecule has 9 aliphatic rings. The zero-order valence-electron chi connectivity index (χ0n) is 61.9. The first-order valence-corrected chi connectivity index (χ1v) is 38.8. The van der Waals surface area contributed by atoms with Crippen molar-refractivity contribution < 1.29 is 0 Å². The fourth-order valence-electron chi connectivity index (χ4n) is 15.2. The van der Waals surface area contributed by atoms with E-state index in [-0.39, 0.29) is 0 Å². The Balaban J connectivity index is 0.000000224. The second-order valence-corrected chi connectivity index (χ2v) is 31.4. The summed E-state index contributed by atoms with van der Waals surface area (Å²) in [5.41, 5.74) is 67.0. The van der Waals surface area contributed by atoms with Gasteiger partial charge in [-0.05, 0) is 264 Å². The van der Waals surface area contributed by atoms with Crippen LogP contribution in [0.15, 0.2) is 103 Å². The minimum atomic E-state index is 0.525. The van der Waals surface area contributed by atoms with E-state index in [2.05, 4.69) is 91.8 Å². The Hall–Kier alpha value is -4.30. The maximum Gasteiger partial charge on any atom is 0.0393 e. The van der Waals surface area contributed by atoms with Gasteiger partial charge in [0.15, 0.2) is 0 Å². The maximum absolute atomic E-state index is 5.76. The lowest BCUT2D eigenvalue weighted by atomic mass is 9.74. The van der Waals surface area contributed by atoms with E-state index >= 15 is 0 Å². The van der Waals surface area contributed by atoms with Crippen LogP contribution < -0.4 is 63.1 Å². The van der Waals surface area contributed by atoms with E-state index in [4.69, 9.17) is 63.1 Å². The molecule has 0 saturated heterocycles. The summed E-state index contributed by atoms with van der Waals surface area (Å²) in [7, 11) is 0. The first-order valence-electron chi connectivity index (χ1n) is 38.8. The Bertz CT molecular complexity index is 2680. The summed E-state index contributed by atoms with van der Waals surface area (Å²) in [6.07, 6.45) is 40.1. The Morgan fingerprint density at radius 2 is 0.800 bits per heavy atom. The van der Waals surface area contributed by atoms with Crippen molar-refractivity contribution >= 4 is 38.6 Å². The summed E-state index contributed by atoms with van der Waals surface area (Å²) in [6.45, 7) is 22.3. The van der Waals surface area contributed by atoms with Crippen molar-refractivity contribution in [2.45, 2.75) is 272 Å². The zero-order chi connectivity index (χ0) is 69.5. The smallest absolute Gasteiger partial charge is 0.0393 e. The summed E-state index contributed by atoms with van der Waals surface area (Å²) in [5.74, 6) is 10.5. The molecule has 0 aromatic heterocycles. The molecule has 10 atom stereocenters. The fraction of sp³-hybridized carbons (Fsp3) is 0.690. The molecule has 9 aliphatic carbocycles. The van der Waals surface area contributed by atoms with Crippen LogP contribution in [0.4, 0.5) is 17.1 Å². The van der Waals surface area contributed by atoms with Crippen LogP contribution in [0, 0.1) is 71.0 Å². The molecule has 95 heavy (non-hydrogen) atoms. The zero-order valence-corrected chi connectivity index (χ0v) is 61.9. The fourth-order valence-corrected chi connectivity index (χ4v) is 15.2. The number of anilines is 3.